The fourth-order valence-corrected chi connectivity index (χ4v) is 5.91. The van der Waals surface area contributed by atoms with E-state index in [9.17, 15) is 19.4 Å². The summed E-state index contributed by atoms with van der Waals surface area (Å²) in [4.78, 5) is 25.0. The third kappa shape index (κ3) is 39.4. The number of esters is 1. The van der Waals surface area contributed by atoms with Crippen molar-refractivity contribution in [3.05, 3.63) is 73.1 Å². The van der Waals surface area contributed by atoms with Gasteiger partial charge in [-0.25, -0.2) is 0 Å². The maximum Gasteiger partial charge on any atom is 0.306 e. The second kappa shape index (κ2) is 36.4. The number of aliphatic hydroxyl groups excluding tert-OH is 1. The van der Waals surface area contributed by atoms with E-state index in [-0.39, 0.29) is 19.6 Å². The lowest BCUT2D eigenvalue weighted by molar-refractivity contribution is -0.870. The highest BCUT2D eigenvalue weighted by atomic mass is 31.2. The average molecular weight is 780 g/mol. The molecular formula is C44H78NO8P. The van der Waals surface area contributed by atoms with Crippen LogP contribution in [0.25, 0.3) is 0 Å². The van der Waals surface area contributed by atoms with E-state index in [0.29, 0.717) is 23.9 Å². The zero-order valence-electron chi connectivity index (χ0n) is 34.8. The van der Waals surface area contributed by atoms with E-state index in [0.717, 1.165) is 38.5 Å². The van der Waals surface area contributed by atoms with Gasteiger partial charge in [-0.2, -0.15) is 0 Å². The molecule has 0 saturated carbocycles. The van der Waals surface area contributed by atoms with E-state index in [1.54, 1.807) is 18.4 Å². The molecule has 2 unspecified atom stereocenters. The van der Waals surface area contributed by atoms with Gasteiger partial charge >= 0.3 is 5.97 Å². The first kappa shape index (κ1) is 51.7. The first-order valence-electron chi connectivity index (χ1n) is 20.8. The molecule has 0 aliphatic carbocycles. The molecule has 0 amide bonds. The van der Waals surface area contributed by atoms with Crippen molar-refractivity contribution in [1.29, 1.82) is 0 Å². The summed E-state index contributed by atoms with van der Waals surface area (Å²) < 4.78 is 34.1. The Bertz CT molecular complexity index is 1110. The Labute approximate surface area is 330 Å². The van der Waals surface area contributed by atoms with Gasteiger partial charge in [0.05, 0.1) is 40.1 Å². The Kier molecular flexibility index (Phi) is 34.9. The van der Waals surface area contributed by atoms with Crippen molar-refractivity contribution in [2.24, 2.45) is 0 Å². The van der Waals surface area contributed by atoms with Crippen LogP contribution in [0.1, 0.15) is 142 Å². The van der Waals surface area contributed by atoms with Gasteiger partial charge in [0.2, 0.25) is 0 Å². The Hall–Kier alpha value is -2.26. The predicted octanol–water partition coefficient (Wildman–Crippen LogP) is 10.6. The number of nitrogens with zero attached hydrogens (tertiary/aromatic N) is 1. The smallest absolute Gasteiger partial charge is 0.306 e. The minimum absolute atomic E-state index is 0.0217. The molecule has 0 spiro atoms. The number of allylic oxidation sites excluding steroid dienone is 10. The lowest BCUT2D eigenvalue weighted by Gasteiger charge is -2.28. The van der Waals surface area contributed by atoms with Crippen molar-refractivity contribution in [2.45, 2.75) is 154 Å². The summed E-state index contributed by atoms with van der Waals surface area (Å²) in [6.07, 6.45) is 43.2. The number of hydrogen-bond acceptors (Lipinski definition) is 8. The van der Waals surface area contributed by atoms with Crippen LogP contribution in [0.3, 0.4) is 0 Å². The largest absolute Gasteiger partial charge is 0.756 e. The van der Waals surface area contributed by atoms with Crippen molar-refractivity contribution in [2.75, 3.05) is 47.5 Å². The van der Waals surface area contributed by atoms with E-state index in [2.05, 4.69) is 50.3 Å². The summed E-state index contributed by atoms with van der Waals surface area (Å²) in [5, 5.41) is 10.3. The fraction of sp³-hybridized carbons (Fsp3) is 0.705. The molecule has 0 aromatic carbocycles. The van der Waals surface area contributed by atoms with Gasteiger partial charge in [0.1, 0.15) is 19.8 Å². The summed E-state index contributed by atoms with van der Waals surface area (Å²) in [6.45, 7) is 4.37. The van der Waals surface area contributed by atoms with Crippen LogP contribution in [0.15, 0.2) is 73.1 Å². The Morgan fingerprint density at radius 3 is 1.89 bits per heavy atom. The molecule has 54 heavy (non-hydrogen) atoms. The molecule has 0 bridgehead atoms. The van der Waals surface area contributed by atoms with Crippen molar-refractivity contribution in [1.82, 2.24) is 0 Å². The van der Waals surface area contributed by atoms with Gasteiger partial charge in [0.15, 0.2) is 6.10 Å². The molecule has 3 atom stereocenters. The van der Waals surface area contributed by atoms with Gasteiger partial charge in [-0.1, -0.05) is 145 Å². The van der Waals surface area contributed by atoms with Crippen molar-refractivity contribution >= 4 is 13.8 Å². The summed E-state index contributed by atoms with van der Waals surface area (Å²) in [5.41, 5.74) is 0. The van der Waals surface area contributed by atoms with E-state index in [1.165, 1.54) is 70.6 Å². The molecule has 0 aliphatic heterocycles. The maximum absolute atomic E-state index is 12.6. The summed E-state index contributed by atoms with van der Waals surface area (Å²) >= 11 is 0. The number of phosphoric ester groups is 1. The van der Waals surface area contributed by atoms with Crippen LogP contribution in [0, 0.1) is 0 Å². The zero-order valence-corrected chi connectivity index (χ0v) is 35.6. The van der Waals surface area contributed by atoms with Gasteiger partial charge in [0.25, 0.3) is 7.82 Å². The topological polar surface area (TPSA) is 114 Å². The van der Waals surface area contributed by atoms with Gasteiger partial charge in [-0.15, -0.1) is 0 Å². The number of carbonyl (C=O) groups excluding carboxylic acids is 1. The predicted molar refractivity (Wildman–Crippen MR) is 223 cm³/mol. The number of aliphatic hydroxyl groups is 1. The molecule has 1 N–H and O–H groups in total. The summed E-state index contributed by atoms with van der Waals surface area (Å²) in [7, 11) is 1.19. The molecule has 0 aromatic rings. The second-order valence-electron chi connectivity index (χ2n) is 14.9. The zero-order chi connectivity index (χ0) is 40.0. The summed E-state index contributed by atoms with van der Waals surface area (Å²) in [5.74, 6) is -0.519. The highest BCUT2D eigenvalue weighted by Gasteiger charge is 2.20. The molecule has 0 fully saturated rings. The first-order chi connectivity index (χ1) is 26.0. The number of rotatable bonds is 37. The standard InChI is InChI=1S/C44H78NO8P/c1-6-8-10-12-14-16-18-20-22-24-26-28-30-32-38-50-40-43(41-52-54(48,49)51-39-37-45(3,4)5)53-44(47)36-33-35-42(46)34-31-29-27-25-23-21-19-17-15-13-11-9-7-2/h9,11,15,17,21,23,27,29,31-32,34,38,42-43,46H,6-8,10,12-14,16,18-20,22,24-26,28,30,33,35-37,39-41H2,1-5H3/b11-9-,17-15-,23-21-,29-27-,34-31+,38-32+/t42?,43-/m1/s1. The van der Waals surface area contributed by atoms with Crippen LogP contribution < -0.4 is 4.89 Å². The minimum Gasteiger partial charge on any atom is -0.756 e. The van der Waals surface area contributed by atoms with Gasteiger partial charge in [0, 0.05) is 6.42 Å². The Morgan fingerprint density at radius 1 is 0.722 bits per heavy atom. The highest BCUT2D eigenvalue weighted by Crippen LogP contribution is 2.38. The number of carbonyl (C=O) groups is 1. The fourth-order valence-electron chi connectivity index (χ4n) is 5.19. The Morgan fingerprint density at radius 2 is 1.30 bits per heavy atom. The highest BCUT2D eigenvalue weighted by molar-refractivity contribution is 7.45. The molecule has 0 saturated heterocycles. The number of quaternary nitrogens is 1. The van der Waals surface area contributed by atoms with Crippen LogP contribution in [0.4, 0.5) is 0 Å². The minimum atomic E-state index is -4.60. The number of ether oxygens (including phenoxy) is 2. The number of phosphoric acid groups is 1. The first-order valence-corrected chi connectivity index (χ1v) is 22.3. The van der Waals surface area contributed by atoms with Crippen molar-refractivity contribution in [3.8, 4) is 0 Å². The maximum atomic E-state index is 12.6. The third-order valence-corrected chi connectivity index (χ3v) is 9.40. The van der Waals surface area contributed by atoms with Crippen LogP contribution in [-0.4, -0.2) is 75.3 Å². The van der Waals surface area contributed by atoms with Gasteiger partial charge in [-0.05, 0) is 57.4 Å². The molecule has 9 nitrogen and oxygen atoms in total. The van der Waals surface area contributed by atoms with Crippen molar-refractivity contribution in [3.63, 3.8) is 0 Å². The SMILES string of the molecule is CC/C=C\C/C=C\C/C=C\C/C=C\C=C\C(O)CCCC(=O)O[C@H](CO/C=C/CCCCCCCCCCCCCC)COP(=O)([O-])OCC[N+](C)(C)C. The van der Waals surface area contributed by atoms with E-state index < -0.39 is 32.6 Å². The van der Waals surface area contributed by atoms with Crippen molar-refractivity contribution < 1.29 is 42.4 Å². The lowest BCUT2D eigenvalue weighted by Crippen LogP contribution is -2.37. The monoisotopic (exact) mass is 780 g/mol. The number of likely N-dealkylation sites (N-methyl/N-ethyl adjacent to an activating group) is 1. The van der Waals surface area contributed by atoms with Crippen LogP contribution in [0.5, 0.6) is 0 Å². The van der Waals surface area contributed by atoms with Crippen LogP contribution in [-0.2, 0) is 27.9 Å². The number of hydrogen-bond donors (Lipinski definition) is 1. The van der Waals surface area contributed by atoms with Crippen LogP contribution in [0.2, 0.25) is 0 Å². The molecule has 0 aliphatic rings. The van der Waals surface area contributed by atoms with Gasteiger partial charge < -0.3 is 33.0 Å². The molecule has 0 rings (SSSR count). The lowest BCUT2D eigenvalue weighted by atomic mass is 10.0. The van der Waals surface area contributed by atoms with E-state index in [4.69, 9.17) is 18.5 Å². The quantitative estimate of drug-likeness (QED) is 0.0126. The number of unbranched alkanes of at least 4 members (excludes halogenated alkanes) is 12. The third-order valence-electron chi connectivity index (χ3n) is 8.44. The van der Waals surface area contributed by atoms with Gasteiger partial charge in [-0.3, -0.25) is 9.36 Å². The molecule has 10 heteroatoms. The van der Waals surface area contributed by atoms with E-state index >= 15 is 0 Å². The molecular weight excluding hydrogens is 701 g/mol. The van der Waals surface area contributed by atoms with E-state index in [1.807, 2.05) is 39.4 Å². The molecule has 0 heterocycles. The average Bonchev–Trinajstić information content (AvgIpc) is 3.11. The summed E-state index contributed by atoms with van der Waals surface area (Å²) in [6, 6.07) is 0. The van der Waals surface area contributed by atoms with Crippen LogP contribution >= 0.6 is 7.82 Å². The normalized spacial score (nSPS) is 15.1. The molecule has 312 valence electrons. The molecule has 0 aromatic heterocycles. The molecule has 0 radical (unpaired) electrons. The Balaban J connectivity index is 4.55. The second-order valence-corrected chi connectivity index (χ2v) is 16.3.